The second-order valence-corrected chi connectivity index (χ2v) is 10.7. The molecule has 1 saturated heterocycles. The SMILES string of the molecule is CC(C)[C@H]1CN(C)C(=O)N1c1ccnc(NC2(c3cn(-c4cccc(C5CC5)c4)cn3)CCC2)n1. The van der Waals surface area contributed by atoms with Gasteiger partial charge in [-0.1, -0.05) is 26.0 Å². The lowest BCUT2D eigenvalue weighted by atomic mass is 9.74. The number of likely N-dealkylation sites (N-methyl/N-ethyl adjacent to an activating group) is 1. The number of carbonyl (C=O) groups is 1. The fraction of sp³-hybridized carbons (Fsp3) is 0.481. The lowest BCUT2D eigenvalue weighted by molar-refractivity contribution is 0.229. The third kappa shape index (κ3) is 3.94. The molecule has 2 aromatic heterocycles. The van der Waals surface area contributed by atoms with Crippen molar-refractivity contribution in [2.45, 2.75) is 63.5 Å². The normalized spacial score (nSPS) is 21.5. The number of nitrogens with zero attached hydrogens (tertiary/aromatic N) is 6. The second kappa shape index (κ2) is 8.36. The van der Waals surface area contributed by atoms with Crippen molar-refractivity contribution >= 4 is 17.8 Å². The van der Waals surface area contributed by atoms with Crippen LogP contribution in [-0.4, -0.2) is 50.1 Å². The molecule has 1 aromatic carbocycles. The van der Waals surface area contributed by atoms with E-state index in [9.17, 15) is 4.79 Å². The molecule has 8 heteroatoms. The number of imidazole rings is 1. The third-order valence-electron chi connectivity index (χ3n) is 7.83. The summed E-state index contributed by atoms with van der Waals surface area (Å²) < 4.78 is 2.12. The molecule has 8 nitrogen and oxygen atoms in total. The Kier molecular flexibility index (Phi) is 5.27. The number of urea groups is 1. The number of benzene rings is 1. The van der Waals surface area contributed by atoms with Crippen molar-refractivity contribution in [3.8, 4) is 5.69 Å². The highest BCUT2D eigenvalue weighted by Gasteiger charge is 2.42. The van der Waals surface area contributed by atoms with Crippen LogP contribution >= 0.6 is 0 Å². The first-order valence-corrected chi connectivity index (χ1v) is 12.7. The lowest BCUT2D eigenvalue weighted by Crippen LogP contribution is -2.43. The van der Waals surface area contributed by atoms with E-state index in [1.54, 1.807) is 11.1 Å². The Bertz CT molecular complexity index is 1240. The molecule has 0 bridgehead atoms. The molecule has 0 spiro atoms. The van der Waals surface area contributed by atoms with Crippen molar-refractivity contribution < 1.29 is 4.79 Å². The molecule has 0 radical (unpaired) electrons. The summed E-state index contributed by atoms with van der Waals surface area (Å²) in [5.74, 6) is 2.24. The Morgan fingerprint density at radius 3 is 2.69 bits per heavy atom. The molecule has 3 fully saturated rings. The van der Waals surface area contributed by atoms with Crippen molar-refractivity contribution in [3.05, 3.63) is 60.3 Å². The van der Waals surface area contributed by atoms with Gasteiger partial charge in [0.25, 0.3) is 0 Å². The molecule has 0 unspecified atom stereocenters. The standard InChI is InChI=1S/C27H33N7O/c1-18(2)22-15-32(3)26(35)34(22)24-10-13-28-25(30-24)31-27(11-5-12-27)23-16-33(17-29-23)21-7-4-6-20(14-21)19-8-9-19/h4,6-7,10,13-14,16-19,22H,5,8-9,11-12,15H2,1-3H3,(H,28,30,31)/t22-/m1/s1. The number of amides is 2. The van der Waals surface area contributed by atoms with Gasteiger partial charge in [0.1, 0.15) is 5.82 Å². The minimum absolute atomic E-state index is 0.0149. The zero-order valence-corrected chi connectivity index (χ0v) is 20.7. The average molecular weight is 472 g/mol. The third-order valence-corrected chi connectivity index (χ3v) is 7.83. The van der Waals surface area contributed by atoms with Crippen LogP contribution in [-0.2, 0) is 5.54 Å². The van der Waals surface area contributed by atoms with E-state index in [4.69, 9.17) is 9.97 Å². The largest absolute Gasteiger partial charge is 0.343 e. The number of rotatable bonds is 7. The molecule has 3 aromatic rings. The van der Waals surface area contributed by atoms with Gasteiger partial charge in [0.15, 0.2) is 0 Å². The second-order valence-electron chi connectivity index (χ2n) is 10.7. The zero-order chi connectivity index (χ0) is 24.2. The Morgan fingerprint density at radius 1 is 1.14 bits per heavy atom. The van der Waals surface area contributed by atoms with Gasteiger partial charge in [0.05, 0.1) is 23.6 Å². The maximum atomic E-state index is 12.9. The van der Waals surface area contributed by atoms with Gasteiger partial charge in [-0.15, -0.1) is 0 Å². The summed E-state index contributed by atoms with van der Waals surface area (Å²) >= 11 is 0. The Hall–Kier alpha value is -3.42. The number of anilines is 2. The molecule has 6 rings (SSSR count). The van der Waals surface area contributed by atoms with Gasteiger partial charge in [-0.2, -0.15) is 4.98 Å². The monoisotopic (exact) mass is 471 g/mol. The molecule has 1 N–H and O–H groups in total. The Labute approximate surface area is 206 Å². The van der Waals surface area contributed by atoms with E-state index in [1.165, 1.54) is 18.4 Å². The summed E-state index contributed by atoms with van der Waals surface area (Å²) in [6.45, 7) is 4.99. The maximum absolute atomic E-state index is 12.9. The quantitative estimate of drug-likeness (QED) is 0.529. The summed E-state index contributed by atoms with van der Waals surface area (Å²) in [6.07, 6.45) is 11.4. The summed E-state index contributed by atoms with van der Waals surface area (Å²) in [5, 5.41) is 3.60. The van der Waals surface area contributed by atoms with E-state index in [-0.39, 0.29) is 17.6 Å². The van der Waals surface area contributed by atoms with Crippen molar-refractivity contribution in [2.75, 3.05) is 23.8 Å². The number of hydrogen-bond acceptors (Lipinski definition) is 5. The number of nitrogens with one attached hydrogen (secondary N) is 1. The molecule has 2 saturated carbocycles. The fourth-order valence-corrected chi connectivity index (χ4v) is 5.34. The molecular formula is C27H33N7O. The van der Waals surface area contributed by atoms with E-state index < -0.39 is 0 Å². The highest BCUT2D eigenvalue weighted by Crippen LogP contribution is 2.44. The van der Waals surface area contributed by atoms with Crippen molar-refractivity contribution in [3.63, 3.8) is 0 Å². The van der Waals surface area contributed by atoms with Gasteiger partial charge >= 0.3 is 6.03 Å². The van der Waals surface area contributed by atoms with E-state index in [0.717, 1.165) is 36.6 Å². The average Bonchev–Trinajstić information content (AvgIpc) is 3.49. The maximum Gasteiger partial charge on any atom is 0.325 e. The highest BCUT2D eigenvalue weighted by atomic mass is 16.2. The molecule has 35 heavy (non-hydrogen) atoms. The van der Waals surface area contributed by atoms with Crippen molar-refractivity contribution in [1.82, 2.24) is 24.4 Å². The van der Waals surface area contributed by atoms with Crippen LogP contribution in [0.1, 0.15) is 63.1 Å². The van der Waals surface area contributed by atoms with Gasteiger partial charge < -0.3 is 14.8 Å². The Morgan fingerprint density at radius 2 is 1.97 bits per heavy atom. The van der Waals surface area contributed by atoms with Crippen LogP contribution in [0.5, 0.6) is 0 Å². The van der Waals surface area contributed by atoms with E-state index in [2.05, 4.69) is 59.2 Å². The van der Waals surface area contributed by atoms with Crippen LogP contribution in [0.25, 0.3) is 5.69 Å². The highest BCUT2D eigenvalue weighted by molar-refractivity contribution is 5.94. The van der Waals surface area contributed by atoms with Gasteiger partial charge in [-0.25, -0.2) is 14.8 Å². The summed E-state index contributed by atoms with van der Waals surface area (Å²) in [7, 11) is 1.85. The predicted molar refractivity (Wildman–Crippen MR) is 136 cm³/mol. The number of aromatic nitrogens is 4. The predicted octanol–water partition coefficient (Wildman–Crippen LogP) is 4.93. The van der Waals surface area contributed by atoms with E-state index >= 15 is 0 Å². The molecule has 3 heterocycles. The molecule has 2 aliphatic carbocycles. The first kappa shape index (κ1) is 22.1. The van der Waals surface area contributed by atoms with E-state index in [0.29, 0.717) is 24.2 Å². The first-order valence-electron chi connectivity index (χ1n) is 12.7. The number of hydrogen-bond donors (Lipinski definition) is 1. The van der Waals surface area contributed by atoms with Gasteiger partial charge in [-0.05, 0) is 67.7 Å². The van der Waals surface area contributed by atoms with Crippen molar-refractivity contribution in [1.29, 1.82) is 0 Å². The van der Waals surface area contributed by atoms with Gasteiger partial charge in [0.2, 0.25) is 5.95 Å². The molecule has 1 aliphatic heterocycles. The first-order chi connectivity index (χ1) is 16.9. The number of carbonyl (C=O) groups excluding carboxylic acids is 1. The van der Waals surface area contributed by atoms with Crippen LogP contribution in [0.3, 0.4) is 0 Å². The minimum Gasteiger partial charge on any atom is -0.343 e. The topological polar surface area (TPSA) is 79.2 Å². The molecule has 1 atom stereocenters. The van der Waals surface area contributed by atoms with Gasteiger partial charge in [0, 0.05) is 31.7 Å². The smallest absolute Gasteiger partial charge is 0.325 e. The minimum atomic E-state index is -0.290. The summed E-state index contributed by atoms with van der Waals surface area (Å²) in [4.78, 5) is 30.6. The van der Waals surface area contributed by atoms with Crippen LogP contribution in [0, 0.1) is 5.92 Å². The van der Waals surface area contributed by atoms with Crippen LogP contribution < -0.4 is 10.2 Å². The zero-order valence-electron chi connectivity index (χ0n) is 20.7. The van der Waals surface area contributed by atoms with Gasteiger partial charge in [-0.3, -0.25) is 4.90 Å². The summed E-state index contributed by atoms with van der Waals surface area (Å²) in [6, 6.07) is 10.7. The van der Waals surface area contributed by atoms with Crippen LogP contribution in [0.2, 0.25) is 0 Å². The van der Waals surface area contributed by atoms with Crippen LogP contribution in [0.15, 0.2) is 49.1 Å². The molecule has 3 aliphatic rings. The molecule has 182 valence electrons. The lowest BCUT2D eigenvalue weighted by Gasteiger charge is -2.41. The van der Waals surface area contributed by atoms with Crippen LogP contribution in [0.4, 0.5) is 16.6 Å². The molecule has 2 amide bonds. The Balaban J connectivity index is 1.26. The molecular weight excluding hydrogens is 438 g/mol. The van der Waals surface area contributed by atoms with E-state index in [1.807, 2.05) is 24.3 Å². The summed E-state index contributed by atoms with van der Waals surface area (Å²) in [5.41, 5.74) is 3.28. The fourth-order valence-electron chi connectivity index (χ4n) is 5.34. The van der Waals surface area contributed by atoms with Crippen molar-refractivity contribution in [2.24, 2.45) is 5.92 Å².